The minimum atomic E-state index is -0.378. The summed E-state index contributed by atoms with van der Waals surface area (Å²) < 4.78 is 5.21. The number of aromatic amines is 1. The van der Waals surface area contributed by atoms with Crippen LogP contribution in [-0.2, 0) is 35.3 Å². The highest BCUT2D eigenvalue weighted by molar-refractivity contribution is 5.96. The molecule has 0 radical (unpaired) electrons. The van der Waals surface area contributed by atoms with Gasteiger partial charge in [-0.25, -0.2) is 0 Å². The van der Waals surface area contributed by atoms with Crippen LogP contribution >= 0.6 is 0 Å². The van der Waals surface area contributed by atoms with Crippen LogP contribution in [0.2, 0.25) is 0 Å². The number of rotatable bonds is 5. The molecule has 2 aliphatic rings. The number of ether oxygens (including phenoxy) is 1. The zero-order chi connectivity index (χ0) is 21.1. The number of aromatic nitrogens is 1. The summed E-state index contributed by atoms with van der Waals surface area (Å²) in [5, 5.41) is 3.07. The number of benzene rings is 1. The average molecular weight is 409 g/mol. The fourth-order valence-electron chi connectivity index (χ4n) is 4.38. The summed E-state index contributed by atoms with van der Waals surface area (Å²) in [6, 6.07) is 8.29. The van der Waals surface area contributed by atoms with Crippen LogP contribution in [0.1, 0.15) is 46.0 Å². The van der Waals surface area contributed by atoms with Crippen molar-refractivity contribution >= 4 is 11.8 Å². The van der Waals surface area contributed by atoms with Crippen molar-refractivity contribution in [2.24, 2.45) is 0 Å². The molecule has 2 amide bonds. The third kappa shape index (κ3) is 4.16. The highest BCUT2D eigenvalue weighted by Gasteiger charge is 2.28. The maximum absolute atomic E-state index is 13.0. The van der Waals surface area contributed by atoms with Crippen LogP contribution in [0.25, 0.3) is 0 Å². The molecule has 158 valence electrons. The summed E-state index contributed by atoms with van der Waals surface area (Å²) in [6.07, 6.45) is 4.64. The fraction of sp³-hybridized carbons (Fsp3) is 0.435. The first-order valence-corrected chi connectivity index (χ1v) is 10.5. The topological polar surface area (TPSA) is 91.5 Å². The lowest BCUT2D eigenvalue weighted by Gasteiger charge is -2.30. The molecule has 2 heterocycles. The van der Waals surface area contributed by atoms with Gasteiger partial charge in [-0.2, -0.15) is 0 Å². The molecule has 1 aromatic heterocycles. The Bertz CT molecular complexity index is 1010. The van der Waals surface area contributed by atoms with Crippen LogP contribution in [0.4, 0.5) is 0 Å². The molecular formula is C23H27N3O4. The predicted molar refractivity (Wildman–Crippen MR) is 112 cm³/mol. The molecule has 7 nitrogen and oxygen atoms in total. The first-order chi connectivity index (χ1) is 14.6. The van der Waals surface area contributed by atoms with Gasteiger partial charge in [0.05, 0.1) is 0 Å². The van der Waals surface area contributed by atoms with Gasteiger partial charge in [-0.05, 0) is 54.9 Å². The van der Waals surface area contributed by atoms with E-state index in [2.05, 4.69) is 22.4 Å². The molecule has 1 atom stereocenters. The average Bonchev–Trinajstić information content (AvgIpc) is 2.76. The van der Waals surface area contributed by atoms with E-state index in [1.807, 2.05) is 19.1 Å². The summed E-state index contributed by atoms with van der Waals surface area (Å²) in [7, 11) is 0. The molecule has 30 heavy (non-hydrogen) atoms. The van der Waals surface area contributed by atoms with Crippen LogP contribution in [0, 0.1) is 0 Å². The molecule has 1 aliphatic carbocycles. The lowest BCUT2D eigenvalue weighted by Crippen LogP contribution is -2.43. The molecule has 2 N–H and O–H groups in total. The molecule has 4 rings (SSSR count). The van der Waals surface area contributed by atoms with E-state index in [9.17, 15) is 14.4 Å². The molecule has 1 unspecified atom stereocenters. The van der Waals surface area contributed by atoms with Gasteiger partial charge in [0, 0.05) is 31.9 Å². The van der Waals surface area contributed by atoms with Gasteiger partial charge in [0.25, 0.3) is 11.5 Å². The van der Waals surface area contributed by atoms with E-state index in [0.717, 1.165) is 30.4 Å². The first kappa shape index (κ1) is 20.3. The standard InChI is InChI=1S/C23H27N3O4/c1-2-30-14-20(27)26-10-9-19-17(13-26)12-24-22(28)21(19)23(29)25-18-8-7-15-5-3-4-6-16(15)11-18/h3-6,12,18H,2,7-11,13-14H2,1H3,(H,24,28)(H,25,29). The summed E-state index contributed by atoms with van der Waals surface area (Å²) in [6.45, 7) is 3.22. The number of amides is 2. The Morgan fingerprint density at radius 3 is 2.80 bits per heavy atom. The number of hydrogen-bond acceptors (Lipinski definition) is 4. The minimum Gasteiger partial charge on any atom is -0.372 e. The third-order valence-corrected chi connectivity index (χ3v) is 5.98. The van der Waals surface area contributed by atoms with Gasteiger partial charge in [-0.15, -0.1) is 0 Å². The van der Waals surface area contributed by atoms with E-state index in [1.165, 1.54) is 11.1 Å². The van der Waals surface area contributed by atoms with Crippen molar-refractivity contribution in [3.05, 3.63) is 68.6 Å². The van der Waals surface area contributed by atoms with E-state index in [-0.39, 0.29) is 35.6 Å². The van der Waals surface area contributed by atoms with Crippen molar-refractivity contribution < 1.29 is 14.3 Å². The quantitative estimate of drug-likeness (QED) is 0.785. The van der Waals surface area contributed by atoms with Crippen LogP contribution in [0.15, 0.2) is 35.3 Å². The maximum atomic E-state index is 13.0. The van der Waals surface area contributed by atoms with Crippen molar-refractivity contribution in [3.63, 3.8) is 0 Å². The third-order valence-electron chi connectivity index (χ3n) is 5.98. The predicted octanol–water partition coefficient (Wildman–Crippen LogP) is 1.58. The minimum absolute atomic E-state index is 0.00974. The van der Waals surface area contributed by atoms with Crippen molar-refractivity contribution in [2.75, 3.05) is 19.8 Å². The number of pyridine rings is 1. The molecule has 7 heteroatoms. The summed E-state index contributed by atoms with van der Waals surface area (Å²) in [5.41, 5.74) is 3.94. The molecule has 0 saturated carbocycles. The zero-order valence-corrected chi connectivity index (χ0v) is 17.2. The van der Waals surface area contributed by atoms with Crippen molar-refractivity contribution in [3.8, 4) is 0 Å². The zero-order valence-electron chi connectivity index (χ0n) is 17.2. The number of H-pyrrole nitrogens is 1. The monoisotopic (exact) mass is 409 g/mol. The van der Waals surface area contributed by atoms with Gasteiger partial charge < -0.3 is 19.9 Å². The largest absolute Gasteiger partial charge is 0.372 e. The summed E-state index contributed by atoms with van der Waals surface area (Å²) in [4.78, 5) is 42.2. The van der Waals surface area contributed by atoms with E-state index in [1.54, 1.807) is 11.1 Å². The number of fused-ring (bicyclic) bond motifs is 2. The normalized spacial score (nSPS) is 17.8. The molecule has 0 saturated heterocycles. The molecule has 0 fully saturated rings. The Kier molecular flexibility index (Phi) is 5.99. The molecule has 1 aromatic carbocycles. The lowest BCUT2D eigenvalue weighted by molar-refractivity contribution is -0.136. The number of carbonyl (C=O) groups excluding carboxylic acids is 2. The van der Waals surface area contributed by atoms with Gasteiger partial charge in [0.2, 0.25) is 5.91 Å². The second kappa shape index (κ2) is 8.83. The Morgan fingerprint density at radius 2 is 2.00 bits per heavy atom. The van der Waals surface area contributed by atoms with Crippen LogP contribution in [-0.4, -0.2) is 47.5 Å². The number of nitrogens with zero attached hydrogens (tertiary/aromatic N) is 1. The maximum Gasteiger partial charge on any atom is 0.261 e. The number of aryl methyl sites for hydroxylation is 1. The molecule has 1 aliphatic heterocycles. The fourth-order valence-corrected chi connectivity index (χ4v) is 4.38. The lowest BCUT2D eigenvalue weighted by atomic mass is 9.88. The van der Waals surface area contributed by atoms with Crippen molar-refractivity contribution in [1.29, 1.82) is 0 Å². The van der Waals surface area contributed by atoms with E-state index >= 15 is 0 Å². The van der Waals surface area contributed by atoms with E-state index in [4.69, 9.17) is 4.74 Å². The second-order valence-corrected chi connectivity index (χ2v) is 7.88. The Morgan fingerprint density at radius 1 is 1.20 bits per heavy atom. The Balaban J connectivity index is 1.49. The van der Waals surface area contributed by atoms with Crippen LogP contribution in [0.5, 0.6) is 0 Å². The molecular weight excluding hydrogens is 382 g/mol. The molecule has 0 spiro atoms. The molecule has 0 bridgehead atoms. The van der Waals surface area contributed by atoms with Crippen LogP contribution in [0.3, 0.4) is 0 Å². The highest BCUT2D eigenvalue weighted by Crippen LogP contribution is 2.23. The number of nitrogens with one attached hydrogen (secondary N) is 2. The van der Waals surface area contributed by atoms with E-state index < -0.39 is 0 Å². The highest BCUT2D eigenvalue weighted by atomic mass is 16.5. The van der Waals surface area contributed by atoms with Gasteiger partial charge in [-0.3, -0.25) is 14.4 Å². The van der Waals surface area contributed by atoms with Gasteiger partial charge in [-0.1, -0.05) is 24.3 Å². The van der Waals surface area contributed by atoms with Gasteiger partial charge in [0.15, 0.2) is 0 Å². The Hall–Kier alpha value is -2.93. The Labute approximate surface area is 175 Å². The van der Waals surface area contributed by atoms with Gasteiger partial charge >= 0.3 is 0 Å². The second-order valence-electron chi connectivity index (χ2n) is 7.88. The number of hydrogen-bond donors (Lipinski definition) is 2. The van der Waals surface area contributed by atoms with Crippen molar-refractivity contribution in [2.45, 2.75) is 45.2 Å². The first-order valence-electron chi connectivity index (χ1n) is 10.5. The molecule has 2 aromatic rings. The summed E-state index contributed by atoms with van der Waals surface area (Å²) >= 11 is 0. The van der Waals surface area contributed by atoms with Crippen molar-refractivity contribution in [1.82, 2.24) is 15.2 Å². The van der Waals surface area contributed by atoms with Gasteiger partial charge in [0.1, 0.15) is 12.2 Å². The summed E-state index contributed by atoms with van der Waals surface area (Å²) in [5.74, 6) is -0.410. The smallest absolute Gasteiger partial charge is 0.261 e. The SMILES string of the molecule is CCOCC(=O)N1CCc2c(c[nH]c(=O)c2C(=O)NC2CCc3ccccc3C2)C1. The van der Waals surface area contributed by atoms with E-state index in [0.29, 0.717) is 26.1 Å². The van der Waals surface area contributed by atoms with Crippen LogP contribution < -0.4 is 10.9 Å². The number of carbonyl (C=O) groups is 2.